The minimum Gasteiger partial charge on any atom is -0.451 e. The highest BCUT2D eigenvalue weighted by molar-refractivity contribution is 6.31. The number of halogens is 2. The molecule has 4 nitrogen and oxygen atoms in total. The summed E-state index contributed by atoms with van der Waals surface area (Å²) in [4.78, 5) is 24.1. The van der Waals surface area contributed by atoms with E-state index in [0.29, 0.717) is 16.7 Å². The summed E-state index contributed by atoms with van der Waals surface area (Å²) in [7, 11) is 0. The lowest BCUT2D eigenvalue weighted by atomic mass is 10.2. The average Bonchev–Trinajstić information content (AvgIpc) is 2.51. The molecule has 3 aromatic rings. The Bertz CT molecular complexity index is 936. The summed E-state index contributed by atoms with van der Waals surface area (Å²) in [5.41, 5.74) is 0.300. The third kappa shape index (κ3) is 2.71. The van der Waals surface area contributed by atoms with Crippen molar-refractivity contribution in [2.75, 3.05) is 5.32 Å². The predicted molar refractivity (Wildman–Crippen MR) is 81.8 cm³/mol. The van der Waals surface area contributed by atoms with Gasteiger partial charge in [0.05, 0.1) is 10.4 Å². The number of carbonyl (C=O) groups excluding carboxylic acids is 1. The number of nitrogens with one attached hydrogen (secondary N) is 1. The third-order valence-electron chi connectivity index (χ3n) is 3.04. The van der Waals surface area contributed by atoms with Crippen molar-refractivity contribution in [3.05, 3.63) is 75.4 Å². The first-order chi connectivity index (χ1) is 10.5. The lowest BCUT2D eigenvalue weighted by Crippen LogP contribution is -2.15. The average molecular weight is 318 g/mol. The van der Waals surface area contributed by atoms with Crippen molar-refractivity contribution in [2.45, 2.75) is 0 Å². The molecule has 1 aromatic heterocycles. The topological polar surface area (TPSA) is 59.3 Å². The number of rotatable bonds is 2. The van der Waals surface area contributed by atoms with Crippen LogP contribution in [-0.2, 0) is 0 Å². The number of carbonyl (C=O) groups is 1. The highest BCUT2D eigenvalue weighted by Crippen LogP contribution is 2.20. The third-order valence-corrected chi connectivity index (χ3v) is 3.33. The summed E-state index contributed by atoms with van der Waals surface area (Å²) in [6, 6.07) is 11.5. The molecule has 0 fully saturated rings. The lowest BCUT2D eigenvalue weighted by Gasteiger charge is -2.06. The van der Waals surface area contributed by atoms with Gasteiger partial charge in [-0.1, -0.05) is 23.7 Å². The summed E-state index contributed by atoms with van der Waals surface area (Å²) in [5.74, 6) is -1.34. The number of hydrogen-bond donors (Lipinski definition) is 1. The fourth-order valence-electron chi connectivity index (χ4n) is 1.98. The van der Waals surface area contributed by atoms with Crippen molar-refractivity contribution in [3.63, 3.8) is 0 Å². The van der Waals surface area contributed by atoms with Crippen LogP contribution in [0.15, 0.2) is 57.7 Å². The van der Waals surface area contributed by atoms with Gasteiger partial charge < -0.3 is 9.73 Å². The van der Waals surface area contributed by atoms with Gasteiger partial charge in [0.1, 0.15) is 11.4 Å². The van der Waals surface area contributed by atoms with Crippen LogP contribution < -0.4 is 10.7 Å². The second kappa shape index (κ2) is 5.61. The minimum absolute atomic E-state index is 0.113. The van der Waals surface area contributed by atoms with Gasteiger partial charge in [0.2, 0.25) is 0 Å². The first-order valence-electron chi connectivity index (χ1n) is 6.34. The van der Waals surface area contributed by atoms with Crippen LogP contribution in [0.2, 0.25) is 5.02 Å². The van der Waals surface area contributed by atoms with Crippen LogP contribution in [0.3, 0.4) is 0 Å². The Morgan fingerprint density at radius 2 is 1.91 bits per heavy atom. The minimum atomic E-state index is -0.620. The fraction of sp³-hybridized carbons (Fsp3) is 0. The predicted octanol–water partition coefficient (Wildman–Crippen LogP) is 3.84. The Morgan fingerprint density at radius 1 is 1.14 bits per heavy atom. The van der Waals surface area contributed by atoms with Crippen molar-refractivity contribution in [3.8, 4) is 0 Å². The molecule has 1 amide bonds. The van der Waals surface area contributed by atoms with Crippen LogP contribution in [-0.4, -0.2) is 5.91 Å². The van der Waals surface area contributed by atoms with E-state index < -0.39 is 11.7 Å². The van der Waals surface area contributed by atoms with Gasteiger partial charge in [-0.3, -0.25) is 9.59 Å². The van der Waals surface area contributed by atoms with Gasteiger partial charge in [-0.05, 0) is 30.3 Å². The highest BCUT2D eigenvalue weighted by atomic mass is 35.5. The smallest absolute Gasteiger partial charge is 0.291 e. The van der Waals surface area contributed by atoms with E-state index in [2.05, 4.69) is 5.32 Å². The Kier molecular flexibility index (Phi) is 3.65. The maximum atomic E-state index is 13.1. The SMILES string of the molecule is O=C(Nc1ccc(F)c(Cl)c1)c1cc(=O)c2ccccc2o1. The molecule has 0 aliphatic carbocycles. The van der Waals surface area contributed by atoms with Gasteiger partial charge >= 0.3 is 0 Å². The first-order valence-corrected chi connectivity index (χ1v) is 6.72. The molecular weight excluding hydrogens is 309 g/mol. The second-order valence-electron chi connectivity index (χ2n) is 4.55. The summed E-state index contributed by atoms with van der Waals surface area (Å²) in [6.07, 6.45) is 0. The van der Waals surface area contributed by atoms with Crippen molar-refractivity contribution < 1.29 is 13.6 Å². The van der Waals surface area contributed by atoms with E-state index in [1.54, 1.807) is 24.3 Å². The van der Waals surface area contributed by atoms with Crippen LogP contribution in [0.5, 0.6) is 0 Å². The molecule has 0 saturated carbocycles. The molecule has 0 aliphatic rings. The Hall–Kier alpha value is -2.66. The number of anilines is 1. The number of para-hydroxylation sites is 1. The quantitative estimate of drug-likeness (QED) is 0.781. The van der Waals surface area contributed by atoms with Crippen LogP contribution in [0.4, 0.5) is 10.1 Å². The van der Waals surface area contributed by atoms with Gasteiger partial charge in [-0.25, -0.2) is 4.39 Å². The van der Waals surface area contributed by atoms with E-state index in [0.717, 1.165) is 12.1 Å². The highest BCUT2D eigenvalue weighted by Gasteiger charge is 2.13. The molecule has 0 spiro atoms. The van der Waals surface area contributed by atoms with Crippen LogP contribution >= 0.6 is 11.6 Å². The van der Waals surface area contributed by atoms with Gasteiger partial charge in [0, 0.05) is 11.8 Å². The van der Waals surface area contributed by atoms with E-state index in [9.17, 15) is 14.0 Å². The van der Waals surface area contributed by atoms with E-state index in [-0.39, 0.29) is 16.2 Å². The van der Waals surface area contributed by atoms with Gasteiger partial charge in [-0.15, -0.1) is 0 Å². The monoisotopic (exact) mass is 317 g/mol. The molecule has 0 radical (unpaired) electrons. The summed E-state index contributed by atoms with van der Waals surface area (Å²) in [5, 5.41) is 2.77. The molecule has 1 N–H and O–H groups in total. The van der Waals surface area contributed by atoms with Crippen LogP contribution in [0.1, 0.15) is 10.6 Å². The summed E-state index contributed by atoms with van der Waals surface area (Å²) >= 11 is 5.65. The lowest BCUT2D eigenvalue weighted by molar-refractivity contribution is 0.0997. The maximum Gasteiger partial charge on any atom is 0.291 e. The summed E-state index contributed by atoms with van der Waals surface area (Å²) in [6.45, 7) is 0. The Labute approximate surface area is 129 Å². The zero-order chi connectivity index (χ0) is 15.7. The van der Waals surface area contributed by atoms with Gasteiger partial charge in [0.25, 0.3) is 5.91 Å². The maximum absolute atomic E-state index is 13.1. The molecule has 6 heteroatoms. The van der Waals surface area contributed by atoms with Gasteiger partial charge in [0.15, 0.2) is 11.2 Å². The molecule has 110 valence electrons. The molecular formula is C16H9ClFNO3. The molecule has 0 unspecified atom stereocenters. The van der Waals surface area contributed by atoms with Gasteiger partial charge in [-0.2, -0.15) is 0 Å². The zero-order valence-electron chi connectivity index (χ0n) is 11.1. The number of benzene rings is 2. The Balaban J connectivity index is 1.95. The molecule has 0 bridgehead atoms. The number of hydrogen-bond acceptors (Lipinski definition) is 3. The fourth-order valence-corrected chi connectivity index (χ4v) is 2.16. The first kappa shape index (κ1) is 14.3. The van der Waals surface area contributed by atoms with E-state index in [1.165, 1.54) is 12.1 Å². The van der Waals surface area contributed by atoms with Crippen molar-refractivity contribution >= 4 is 34.2 Å². The standard InChI is InChI=1S/C16H9ClFNO3/c17-11-7-9(5-6-12(11)18)19-16(21)15-8-13(20)10-3-1-2-4-14(10)22-15/h1-8H,(H,19,21). The molecule has 0 aliphatic heterocycles. The van der Waals surface area contributed by atoms with Crippen molar-refractivity contribution in [2.24, 2.45) is 0 Å². The van der Waals surface area contributed by atoms with E-state index in [1.807, 2.05) is 0 Å². The molecule has 2 aromatic carbocycles. The molecule has 1 heterocycles. The summed E-state index contributed by atoms with van der Waals surface area (Å²) < 4.78 is 18.5. The van der Waals surface area contributed by atoms with Crippen molar-refractivity contribution in [1.29, 1.82) is 0 Å². The molecule has 0 atom stereocenters. The molecule has 0 saturated heterocycles. The molecule has 22 heavy (non-hydrogen) atoms. The van der Waals surface area contributed by atoms with E-state index in [4.69, 9.17) is 16.0 Å². The molecule has 3 rings (SSSR count). The second-order valence-corrected chi connectivity index (χ2v) is 4.96. The largest absolute Gasteiger partial charge is 0.451 e. The Morgan fingerprint density at radius 3 is 2.68 bits per heavy atom. The normalized spacial score (nSPS) is 10.6. The zero-order valence-corrected chi connectivity index (χ0v) is 11.9. The number of fused-ring (bicyclic) bond motifs is 1. The van der Waals surface area contributed by atoms with Crippen LogP contribution in [0, 0.1) is 5.82 Å². The van der Waals surface area contributed by atoms with Crippen molar-refractivity contribution in [1.82, 2.24) is 0 Å². The number of amides is 1. The van der Waals surface area contributed by atoms with E-state index >= 15 is 0 Å². The van der Waals surface area contributed by atoms with Crippen LogP contribution in [0.25, 0.3) is 11.0 Å².